The van der Waals surface area contributed by atoms with Gasteiger partial charge in [0.05, 0.1) is 12.7 Å². The van der Waals surface area contributed by atoms with E-state index in [2.05, 4.69) is 51.6 Å². The second kappa shape index (κ2) is 11.4. The lowest BCUT2D eigenvalue weighted by molar-refractivity contribution is -0.122. The van der Waals surface area contributed by atoms with Crippen LogP contribution in [0.4, 0.5) is 0 Å². The maximum Gasteiger partial charge on any atom is 0.337 e. The first-order valence-electron chi connectivity index (χ1n) is 13.9. The van der Waals surface area contributed by atoms with E-state index in [-0.39, 0.29) is 17.8 Å². The first kappa shape index (κ1) is 26.0. The second-order valence-corrected chi connectivity index (χ2v) is 10.7. The number of hydrogen-bond acceptors (Lipinski definition) is 5. The van der Waals surface area contributed by atoms with Crippen LogP contribution >= 0.6 is 0 Å². The van der Waals surface area contributed by atoms with Crippen LogP contribution in [0.25, 0.3) is 11.1 Å². The van der Waals surface area contributed by atoms with Crippen LogP contribution in [0, 0.1) is 5.92 Å². The molecule has 1 N–H and O–H groups in total. The van der Waals surface area contributed by atoms with Crippen LogP contribution in [-0.2, 0) is 35.6 Å². The fraction of sp³-hybridized carbons (Fsp3) is 0.265. The highest BCUT2D eigenvalue weighted by Gasteiger charge is 2.43. The zero-order valence-corrected chi connectivity index (χ0v) is 22.7. The van der Waals surface area contributed by atoms with Crippen LogP contribution in [0.3, 0.4) is 0 Å². The van der Waals surface area contributed by atoms with Gasteiger partial charge in [-0.2, -0.15) is 0 Å². The Morgan fingerprint density at radius 1 is 0.975 bits per heavy atom. The molecule has 1 aliphatic heterocycles. The summed E-state index contributed by atoms with van der Waals surface area (Å²) in [6.07, 6.45) is 5.46. The predicted molar refractivity (Wildman–Crippen MR) is 154 cm³/mol. The van der Waals surface area contributed by atoms with Gasteiger partial charge in [-0.1, -0.05) is 54.6 Å². The molecule has 1 saturated carbocycles. The summed E-state index contributed by atoms with van der Waals surface area (Å²) in [6.45, 7) is 3.07. The Kier molecular flexibility index (Phi) is 7.43. The van der Waals surface area contributed by atoms with E-state index in [9.17, 15) is 9.59 Å². The minimum absolute atomic E-state index is 0.0433. The van der Waals surface area contributed by atoms with Crippen LogP contribution in [0.15, 0.2) is 91.3 Å². The molecule has 0 saturated heterocycles. The summed E-state index contributed by atoms with van der Waals surface area (Å²) in [5.41, 5.74) is 8.84. The Labute approximate surface area is 235 Å². The van der Waals surface area contributed by atoms with Crippen molar-refractivity contribution in [3.63, 3.8) is 0 Å². The van der Waals surface area contributed by atoms with E-state index in [1.165, 1.54) is 29.4 Å². The third-order valence-electron chi connectivity index (χ3n) is 8.15. The molecule has 1 aliphatic carbocycles. The van der Waals surface area contributed by atoms with Crippen molar-refractivity contribution in [3.8, 4) is 11.1 Å². The second-order valence-electron chi connectivity index (χ2n) is 10.7. The monoisotopic (exact) mass is 531 g/mol. The molecule has 1 amide bonds. The number of pyridine rings is 1. The number of methoxy groups -OCH3 is 1. The topological polar surface area (TPSA) is 71.5 Å². The molecule has 4 aromatic rings. The molecule has 0 bridgehead atoms. The van der Waals surface area contributed by atoms with Gasteiger partial charge in [0.15, 0.2) is 0 Å². The van der Waals surface area contributed by atoms with Crippen LogP contribution in [0.2, 0.25) is 0 Å². The molecule has 6 nitrogen and oxygen atoms in total. The number of fused-ring (bicyclic) bond motifs is 1. The molecule has 2 atom stereocenters. The molecule has 2 aliphatic rings. The molecule has 6 rings (SSSR count). The molecule has 40 heavy (non-hydrogen) atoms. The van der Waals surface area contributed by atoms with Gasteiger partial charge in [-0.05, 0) is 82.0 Å². The van der Waals surface area contributed by atoms with E-state index >= 15 is 0 Å². The summed E-state index contributed by atoms with van der Waals surface area (Å²) in [7, 11) is 1.40. The number of carbonyl (C=O) groups is 2. The minimum Gasteiger partial charge on any atom is -0.465 e. The number of nitrogens with one attached hydrogen (secondary N) is 1. The van der Waals surface area contributed by atoms with Gasteiger partial charge in [0.2, 0.25) is 5.91 Å². The van der Waals surface area contributed by atoms with E-state index in [1.54, 1.807) is 6.07 Å². The number of carbonyl (C=O) groups excluding carboxylic acids is 2. The molecule has 2 heterocycles. The number of esters is 1. The Hall–Kier alpha value is -4.29. The van der Waals surface area contributed by atoms with Crippen molar-refractivity contribution in [3.05, 3.63) is 125 Å². The molecule has 3 aromatic carbocycles. The van der Waals surface area contributed by atoms with Crippen molar-refractivity contribution in [1.29, 1.82) is 0 Å². The summed E-state index contributed by atoms with van der Waals surface area (Å²) in [5, 5.41) is 3.24. The molecule has 1 fully saturated rings. The normalized spacial score (nSPS) is 18.0. The van der Waals surface area contributed by atoms with Crippen molar-refractivity contribution < 1.29 is 14.3 Å². The summed E-state index contributed by atoms with van der Waals surface area (Å²) in [4.78, 5) is 31.9. The van der Waals surface area contributed by atoms with Gasteiger partial charge in [0, 0.05) is 44.5 Å². The maximum absolute atomic E-state index is 13.1. The van der Waals surface area contributed by atoms with E-state index in [0.29, 0.717) is 18.0 Å². The minimum atomic E-state index is -0.340. The van der Waals surface area contributed by atoms with Crippen molar-refractivity contribution in [2.45, 2.75) is 38.4 Å². The lowest BCUT2D eigenvalue weighted by Crippen LogP contribution is -2.32. The molecular formula is C34H33N3O3. The number of amides is 1. The third kappa shape index (κ3) is 5.54. The quantitative estimate of drug-likeness (QED) is 0.304. The Balaban J connectivity index is 1.25. The SMILES string of the molecule is COC(=O)c1cccc(-c2ccc(CNC(=O)[C@H]3C[C@@H]3c3ccccc3)c3c2CCN(Cc2ccncc2)C3)c1. The Morgan fingerprint density at radius 3 is 2.60 bits per heavy atom. The van der Waals surface area contributed by atoms with Gasteiger partial charge < -0.3 is 10.1 Å². The van der Waals surface area contributed by atoms with Crippen LogP contribution in [0.5, 0.6) is 0 Å². The van der Waals surface area contributed by atoms with Gasteiger partial charge in [-0.15, -0.1) is 0 Å². The molecule has 0 unspecified atom stereocenters. The highest BCUT2D eigenvalue weighted by Crippen LogP contribution is 2.47. The molecule has 0 radical (unpaired) electrons. The standard InChI is InChI=1S/C34H33N3O3/c1-40-34(39)26-9-5-8-25(18-26)28-11-10-27(20-36-33(38)31-19-30(31)24-6-3-2-4-7-24)32-22-37(17-14-29(28)32)21-23-12-15-35-16-13-23/h2-13,15-16,18,30-31H,14,17,19-22H2,1H3,(H,36,38)/t30-,31+/m1/s1. The number of rotatable bonds is 8. The molecule has 0 spiro atoms. The Bertz CT molecular complexity index is 1520. The maximum atomic E-state index is 13.1. The van der Waals surface area contributed by atoms with E-state index in [1.807, 2.05) is 48.8 Å². The van der Waals surface area contributed by atoms with Crippen LogP contribution < -0.4 is 5.32 Å². The Morgan fingerprint density at radius 2 is 1.80 bits per heavy atom. The van der Waals surface area contributed by atoms with E-state index in [0.717, 1.165) is 49.2 Å². The number of hydrogen-bond donors (Lipinski definition) is 1. The zero-order chi connectivity index (χ0) is 27.5. The molecular weight excluding hydrogens is 498 g/mol. The van der Waals surface area contributed by atoms with Crippen LogP contribution in [-0.4, -0.2) is 35.4 Å². The van der Waals surface area contributed by atoms with Gasteiger partial charge in [0.25, 0.3) is 0 Å². The van der Waals surface area contributed by atoms with E-state index < -0.39 is 0 Å². The summed E-state index contributed by atoms with van der Waals surface area (Å²) in [6, 6.07) is 26.3. The number of benzene rings is 3. The van der Waals surface area contributed by atoms with Crippen molar-refractivity contribution in [2.75, 3.05) is 13.7 Å². The molecule has 202 valence electrons. The average molecular weight is 532 g/mol. The van der Waals surface area contributed by atoms with Crippen molar-refractivity contribution in [1.82, 2.24) is 15.2 Å². The van der Waals surface area contributed by atoms with Crippen molar-refractivity contribution >= 4 is 11.9 Å². The number of aromatic nitrogens is 1. The lowest BCUT2D eigenvalue weighted by atomic mass is 9.87. The summed E-state index contributed by atoms with van der Waals surface area (Å²) in [5.74, 6) is 0.145. The first-order valence-corrected chi connectivity index (χ1v) is 13.9. The largest absolute Gasteiger partial charge is 0.465 e. The van der Waals surface area contributed by atoms with E-state index in [4.69, 9.17) is 4.74 Å². The summed E-state index contributed by atoms with van der Waals surface area (Å²) < 4.78 is 4.95. The van der Waals surface area contributed by atoms with Crippen molar-refractivity contribution in [2.24, 2.45) is 5.92 Å². The van der Waals surface area contributed by atoms with Gasteiger partial charge in [0.1, 0.15) is 0 Å². The highest BCUT2D eigenvalue weighted by atomic mass is 16.5. The highest BCUT2D eigenvalue weighted by molar-refractivity contribution is 5.91. The summed E-state index contributed by atoms with van der Waals surface area (Å²) >= 11 is 0. The third-order valence-corrected chi connectivity index (χ3v) is 8.15. The first-order chi connectivity index (χ1) is 19.6. The fourth-order valence-corrected chi connectivity index (χ4v) is 5.91. The number of nitrogens with zero attached hydrogens (tertiary/aromatic N) is 2. The molecule has 6 heteroatoms. The average Bonchev–Trinajstić information content (AvgIpc) is 3.82. The van der Waals surface area contributed by atoms with Gasteiger partial charge in [-0.25, -0.2) is 4.79 Å². The number of ether oxygens (including phenoxy) is 1. The fourth-order valence-electron chi connectivity index (χ4n) is 5.91. The zero-order valence-electron chi connectivity index (χ0n) is 22.7. The molecule has 1 aromatic heterocycles. The lowest BCUT2D eigenvalue weighted by Gasteiger charge is -2.32. The van der Waals surface area contributed by atoms with Gasteiger partial charge >= 0.3 is 5.97 Å². The van der Waals surface area contributed by atoms with Crippen LogP contribution in [0.1, 0.15) is 50.5 Å². The van der Waals surface area contributed by atoms with Gasteiger partial charge in [-0.3, -0.25) is 14.7 Å². The predicted octanol–water partition coefficient (Wildman–Crippen LogP) is 5.51. The smallest absolute Gasteiger partial charge is 0.337 e.